The molecule has 0 saturated carbocycles. The Kier molecular flexibility index (Phi) is 5.13. The molecule has 3 rings (SSSR count). The number of aryl methyl sites for hydroxylation is 1. The molecule has 2 aromatic carbocycles. The zero-order chi connectivity index (χ0) is 19.8. The van der Waals surface area contributed by atoms with Gasteiger partial charge in [0.05, 0.1) is 0 Å². The Hall–Kier alpha value is -2.57. The number of imide groups is 1. The van der Waals surface area contributed by atoms with Crippen LogP contribution in [0.2, 0.25) is 10.0 Å². The third-order valence-electron chi connectivity index (χ3n) is 4.46. The van der Waals surface area contributed by atoms with Crippen molar-refractivity contribution >= 4 is 46.7 Å². The number of urea groups is 1. The molecular weight excluding hydrogens is 389 g/mol. The van der Waals surface area contributed by atoms with Crippen LogP contribution in [-0.2, 0) is 15.1 Å². The number of amides is 4. The minimum Gasteiger partial charge on any atom is -0.324 e. The summed E-state index contributed by atoms with van der Waals surface area (Å²) in [4.78, 5) is 38.5. The molecule has 27 heavy (non-hydrogen) atoms. The van der Waals surface area contributed by atoms with Crippen LogP contribution in [0, 0.1) is 6.92 Å². The Labute approximate surface area is 166 Å². The molecule has 1 atom stereocenters. The van der Waals surface area contributed by atoms with Gasteiger partial charge >= 0.3 is 6.03 Å². The lowest BCUT2D eigenvalue weighted by Crippen LogP contribution is -2.42. The SMILES string of the molecule is Cc1ccc(Cl)cc1NC(=O)CN1C(=O)N[C@](C)(c2ccccc2Cl)C1=O. The fraction of sp³-hybridized carbons (Fsp3) is 0.211. The second-order valence-electron chi connectivity index (χ2n) is 6.43. The first-order valence-electron chi connectivity index (χ1n) is 8.17. The normalized spacial score (nSPS) is 19.2. The van der Waals surface area contributed by atoms with Gasteiger partial charge in [-0.25, -0.2) is 4.79 Å². The Bertz CT molecular complexity index is 948. The lowest BCUT2D eigenvalue weighted by Gasteiger charge is -2.23. The highest BCUT2D eigenvalue weighted by atomic mass is 35.5. The van der Waals surface area contributed by atoms with Gasteiger partial charge in [0.2, 0.25) is 5.91 Å². The second-order valence-corrected chi connectivity index (χ2v) is 7.28. The predicted octanol–water partition coefficient (Wildman–Crippen LogP) is 3.71. The summed E-state index contributed by atoms with van der Waals surface area (Å²) in [5, 5.41) is 6.13. The maximum absolute atomic E-state index is 12.9. The van der Waals surface area contributed by atoms with E-state index in [2.05, 4.69) is 10.6 Å². The van der Waals surface area contributed by atoms with E-state index in [1.165, 1.54) is 0 Å². The molecule has 0 aromatic heterocycles. The molecule has 0 aliphatic carbocycles. The molecule has 1 heterocycles. The van der Waals surface area contributed by atoms with Gasteiger partial charge < -0.3 is 10.6 Å². The van der Waals surface area contributed by atoms with Crippen LogP contribution in [-0.4, -0.2) is 29.3 Å². The van der Waals surface area contributed by atoms with E-state index >= 15 is 0 Å². The molecule has 2 aromatic rings. The van der Waals surface area contributed by atoms with Crippen LogP contribution < -0.4 is 10.6 Å². The summed E-state index contributed by atoms with van der Waals surface area (Å²) in [6.07, 6.45) is 0. The van der Waals surface area contributed by atoms with Gasteiger partial charge in [0.1, 0.15) is 12.1 Å². The van der Waals surface area contributed by atoms with Crippen LogP contribution in [0.5, 0.6) is 0 Å². The first-order chi connectivity index (χ1) is 12.7. The van der Waals surface area contributed by atoms with Crippen LogP contribution in [0.15, 0.2) is 42.5 Å². The molecule has 0 unspecified atom stereocenters. The number of nitrogens with zero attached hydrogens (tertiary/aromatic N) is 1. The van der Waals surface area contributed by atoms with Gasteiger partial charge in [-0.05, 0) is 37.6 Å². The third-order valence-corrected chi connectivity index (χ3v) is 5.03. The average Bonchev–Trinajstić information content (AvgIpc) is 2.82. The molecule has 1 aliphatic heterocycles. The predicted molar refractivity (Wildman–Crippen MR) is 104 cm³/mol. The van der Waals surface area contributed by atoms with Crippen LogP contribution in [0.4, 0.5) is 10.5 Å². The molecular formula is C19H17Cl2N3O3. The molecule has 140 valence electrons. The topological polar surface area (TPSA) is 78.5 Å². The minimum atomic E-state index is -1.33. The van der Waals surface area contributed by atoms with E-state index in [4.69, 9.17) is 23.2 Å². The van der Waals surface area contributed by atoms with E-state index in [9.17, 15) is 14.4 Å². The van der Waals surface area contributed by atoms with E-state index in [-0.39, 0.29) is 0 Å². The number of hydrogen-bond donors (Lipinski definition) is 2. The maximum atomic E-state index is 12.9. The van der Waals surface area contributed by atoms with E-state index < -0.39 is 29.9 Å². The first kappa shape index (κ1) is 19.2. The zero-order valence-electron chi connectivity index (χ0n) is 14.7. The Morgan fingerprint density at radius 3 is 2.59 bits per heavy atom. The highest BCUT2D eigenvalue weighted by molar-refractivity contribution is 6.32. The lowest BCUT2D eigenvalue weighted by atomic mass is 9.92. The third kappa shape index (κ3) is 3.63. The minimum absolute atomic E-state index is 0.356. The van der Waals surface area contributed by atoms with Crippen molar-refractivity contribution in [3.63, 3.8) is 0 Å². The highest BCUT2D eigenvalue weighted by Crippen LogP contribution is 2.33. The molecule has 0 spiro atoms. The van der Waals surface area contributed by atoms with E-state index in [1.807, 2.05) is 6.92 Å². The van der Waals surface area contributed by atoms with Gasteiger partial charge in [-0.3, -0.25) is 14.5 Å². The van der Waals surface area contributed by atoms with Crippen LogP contribution in [0.1, 0.15) is 18.1 Å². The highest BCUT2D eigenvalue weighted by Gasteiger charge is 2.50. The number of nitrogens with one attached hydrogen (secondary N) is 2. The van der Waals surface area contributed by atoms with Gasteiger partial charge in [-0.2, -0.15) is 0 Å². The Morgan fingerprint density at radius 2 is 1.89 bits per heavy atom. The quantitative estimate of drug-likeness (QED) is 0.760. The Balaban J connectivity index is 1.79. The van der Waals surface area contributed by atoms with E-state index in [0.29, 0.717) is 21.3 Å². The molecule has 0 bridgehead atoms. The summed E-state index contributed by atoms with van der Waals surface area (Å²) in [5.74, 6) is -1.05. The number of carbonyl (C=O) groups excluding carboxylic acids is 3. The van der Waals surface area contributed by atoms with Gasteiger partial charge in [0.15, 0.2) is 0 Å². The largest absolute Gasteiger partial charge is 0.325 e. The summed E-state index contributed by atoms with van der Waals surface area (Å²) in [6.45, 7) is 2.96. The summed E-state index contributed by atoms with van der Waals surface area (Å²) in [6, 6.07) is 11.2. The summed E-state index contributed by atoms with van der Waals surface area (Å²) in [7, 11) is 0. The lowest BCUT2D eigenvalue weighted by molar-refractivity contribution is -0.133. The van der Waals surface area contributed by atoms with Crippen molar-refractivity contribution in [2.24, 2.45) is 0 Å². The van der Waals surface area contributed by atoms with Crippen molar-refractivity contribution in [2.75, 3.05) is 11.9 Å². The standard InChI is InChI=1S/C19H17Cl2N3O3/c1-11-7-8-12(20)9-15(11)22-16(25)10-24-17(26)19(2,23-18(24)27)13-5-3-4-6-14(13)21/h3-9H,10H2,1-2H3,(H,22,25)(H,23,27)/t19-/m1/s1. The Morgan fingerprint density at radius 1 is 1.19 bits per heavy atom. The molecule has 8 heteroatoms. The first-order valence-corrected chi connectivity index (χ1v) is 8.93. The van der Waals surface area contributed by atoms with Crippen LogP contribution in [0.3, 0.4) is 0 Å². The number of anilines is 1. The van der Waals surface area contributed by atoms with Gasteiger partial charge in [-0.15, -0.1) is 0 Å². The fourth-order valence-corrected chi connectivity index (χ4v) is 3.45. The molecule has 1 saturated heterocycles. The number of rotatable bonds is 4. The number of carbonyl (C=O) groups is 3. The molecule has 4 amide bonds. The van der Waals surface area contributed by atoms with Crippen molar-refractivity contribution in [1.82, 2.24) is 10.2 Å². The average molecular weight is 406 g/mol. The monoisotopic (exact) mass is 405 g/mol. The molecule has 1 aliphatic rings. The second kappa shape index (κ2) is 7.21. The number of benzene rings is 2. The summed E-state index contributed by atoms with van der Waals surface area (Å²) in [5.41, 5.74) is 0.472. The van der Waals surface area contributed by atoms with Crippen molar-refractivity contribution in [1.29, 1.82) is 0 Å². The van der Waals surface area contributed by atoms with Crippen LogP contribution in [0.25, 0.3) is 0 Å². The molecule has 2 N–H and O–H groups in total. The number of halogens is 2. The van der Waals surface area contributed by atoms with Gasteiger partial charge in [0, 0.05) is 21.3 Å². The smallest absolute Gasteiger partial charge is 0.324 e. The van der Waals surface area contributed by atoms with E-state index in [1.54, 1.807) is 49.4 Å². The van der Waals surface area contributed by atoms with E-state index in [0.717, 1.165) is 10.5 Å². The maximum Gasteiger partial charge on any atom is 0.325 e. The molecule has 1 fully saturated rings. The van der Waals surface area contributed by atoms with Crippen LogP contribution >= 0.6 is 23.2 Å². The van der Waals surface area contributed by atoms with Crippen molar-refractivity contribution in [3.05, 3.63) is 63.6 Å². The van der Waals surface area contributed by atoms with Gasteiger partial charge in [-0.1, -0.05) is 47.5 Å². The molecule has 0 radical (unpaired) electrons. The van der Waals surface area contributed by atoms with Crippen molar-refractivity contribution in [3.8, 4) is 0 Å². The number of hydrogen-bond acceptors (Lipinski definition) is 3. The van der Waals surface area contributed by atoms with Crippen molar-refractivity contribution in [2.45, 2.75) is 19.4 Å². The van der Waals surface area contributed by atoms with Gasteiger partial charge in [0.25, 0.3) is 5.91 Å². The zero-order valence-corrected chi connectivity index (χ0v) is 16.2. The summed E-state index contributed by atoms with van der Waals surface area (Å²) >= 11 is 12.1. The van der Waals surface area contributed by atoms with Crippen molar-refractivity contribution < 1.29 is 14.4 Å². The molecule has 6 nitrogen and oxygen atoms in total. The summed E-state index contributed by atoms with van der Waals surface area (Å²) < 4.78 is 0. The fourth-order valence-electron chi connectivity index (χ4n) is 2.95.